The molecule has 0 saturated carbocycles. The number of unbranched alkanes of at least 4 members (excludes halogenated alkanes) is 13. The maximum absolute atomic E-state index is 12.4. The molecular formula is C31H50NO7P. The lowest BCUT2D eigenvalue weighted by molar-refractivity contribution is -0.136. The van der Waals surface area contributed by atoms with E-state index in [0.29, 0.717) is 24.2 Å². The molecule has 1 aromatic rings. The number of carbonyl (C=O) groups excluding carboxylic acids is 3. The summed E-state index contributed by atoms with van der Waals surface area (Å²) in [4.78, 5) is 38.0. The normalized spacial score (nSPS) is 14.4. The second-order valence-electron chi connectivity index (χ2n) is 10.6. The molecule has 0 aliphatic carbocycles. The van der Waals surface area contributed by atoms with E-state index in [2.05, 4.69) is 6.92 Å². The first-order valence-electron chi connectivity index (χ1n) is 15.5. The van der Waals surface area contributed by atoms with E-state index >= 15 is 0 Å². The average Bonchev–Trinajstić information content (AvgIpc) is 3.19. The topological polar surface area (TPSA) is 99.2 Å². The van der Waals surface area contributed by atoms with Crippen LogP contribution in [0.4, 0.5) is 0 Å². The van der Waals surface area contributed by atoms with Gasteiger partial charge in [-0.15, -0.1) is 0 Å². The Balaban J connectivity index is 1.45. The summed E-state index contributed by atoms with van der Waals surface area (Å²) in [5, 5.41) is 0. The van der Waals surface area contributed by atoms with Crippen molar-refractivity contribution >= 4 is 26.0 Å². The fourth-order valence-corrected chi connectivity index (χ4v) is 5.63. The number of carbonyl (C=O) groups is 3. The zero-order valence-corrected chi connectivity index (χ0v) is 25.6. The Morgan fingerprint density at radius 3 is 1.77 bits per heavy atom. The Kier molecular flexibility index (Phi) is 17.8. The molecule has 40 heavy (non-hydrogen) atoms. The third kappa shape index (κ3) is 13.1. The minimum Gasteiger partial charge on any atom is -0.393 e. The lowest BCUT2D eigenvalue weighted by atomic mass is 10.0. The summed E-state index contributed by atoms with van der Waals surface area (Å²) in [5.41, 5.74) is 0.737. The van der Waals surface area contributed by atoms with Gasteiger partial charge in [0.25, 0.3) is 11.8 Å². The quantitative estimate of drug-likeness (QED) is 0.0526. The summed E-state index contributed by atoms with van der Waals surface area (Å²) in [7, 11) is -3.05. The molecule has 226 valence electrons. The number of fused-ring (bicyclic) bond motifs is 1. The molecule has 0 bridgehead atoms. The van der Waals surface area contributed by atoms with Crippen molar-refractivity contribution < 1.29 is 32.7 Å². The average molecular weight is 580 g/mol. The van der Waals surface area contributed by atoms with Gasteiger partial charge in [0.15, 0.2) is 6.29 Å². The number of amides is 2. The van der Waals surface area contributed by atoms with Crippen LogP contribution in [-0.4, -0.2) is 42.1 Å². The highest BCUT2D eigenvalue weighted by molar-refractivity contribution is 7.34. The number of imide groups is 1. The van der Waals surface area contributed by atoms with Crippen molar-refractivity contribution in [3.63, 3.8) is 0 Å². The number of nitrogens with zero attached hydrogens (tertiary/aromatic N) is 1. The molecule has 2 amide bonds. The Labute approximate surface area is 241 Å². The first-order chi connectivity index (χ1) is 19.5. The summed E-state index contributed by atoms with van der Waals surface area (Å²) < 4.78 is 28.1. The maximum Gasteiger partial charge on any atom is 0.372 e. The summed E-state index contributed by atoms with van der Waals surface area (Å²) in [6.07, 6.45) is 18.0. The van der Waals surface area contributed by atoms with Crippen molar-refractivity contribution in [2.75, 3.05) is 13.2 Å². The molecule has 1 aliphatic heterocycles. The van der Waals surface area contributed by atoms with Crippen LogP contribution < -0.4 is 0 Å². The van der Waals surface area contributed by atoms with Crippen LogP contribution >= 0.6 is 8.25 Å². The largest absolute Gasteiger partial charge is 0.393 e. The molecule has 0 spiro atoms. The van der Waals surface area contributed by atoms with E-state index in [-0.39, 0.29) is 31.2 Å². The fraction of sp³-hybridized carbons (Fsp3) is 0.710. The Bertz CT molecular complexity index is 888. The highest BCUT2D eigenvalue weighted by Gasteiger charge is 2.34. The van der Waals surface area contributed by atoms with E-state index in [1.807, 2.05) is 6.92 Å². The monoisotopic (exact) mass is 579 g/mol. The van der Waals surface area contributed by atoms with Gasteiger partial charge in [0.05, 0.1) is 11.1 Å². The summed E-state index contributed by atoms with van der Waals surface area (Å²) in [6.45, 7) is 4.71. The van der Waals surface area contributed by atoms with E-state index in [1.54, 1.807) is 24.3 Å². The van der Waals surface area contributed by atoms with Gasteiger partial charge in [-0.1, -0.05) is 109 Å². The van der Waals surface area contributed by atoms with Crippen LogP contribution in [-0.2, 0) is 23.1 Å². The van der Waals surface area contributed by atoms with Gasteiger partial charge in [0.1, 0.15) is 0 Å². The molecule has 2 atom stereocenters. The highest BCUT2D eigenvalue weighted by atomic mass is 31.1. The minimum atomic E-state index is -3.05. The highest BCUT2D eigenvalue weighted by Crippen LogP contribution is 2.29. The zero-order valence-electron chi connectivity index (χ0n) is 24.6. The molecule has 1 heterocycles. The molecule has 0 aromatic heterocycles. The molecule has 0 fully saturated rings. The number of hydrogen-bond acceptors (Lipinski definition) is 7. The van der Waals surface area contributed by atoms with Crippen molar-refractivity contribution in [1.29, 1.82) is 0 Å². The van der Waals surface area contributed by atoms with Crippen LogP contribution in [0, 0.1) is 0 Å². The lowest BCUT2D eigenvalue weighted by Gasteiger charge is -2.16. The van der Waals surface area contributed by atoms with Gasteiger partial charge in [-0.2, -0.15) is 0 Å². The molecule has 1 aliphatic rings. The summed E-state index contributed by atoms with van der Waals surface area (Å²) >= 11 is 0. The SMILES string of the molecule is CCCCCCCCCCCCCCCCOC(CC)O[PH](=O)OC(=O)CCCN1C(=O)c2ccccc2C1=O. The molecule has 0 saturated heterocycles. The van der Waals surface area contributed by atoms with E-state index in [9.17, 15) is 18.9 Å². The summed E-state index contributed by atoms with van der Waals surface area (Å²) in [5.74, 6) is -1.43. The van der Waals surface area contributed by atoms with Gasteiger partial charge >= 0.3 is 14.2 Å². The Morgan fingerprint density at radius 1 is 0.775 bits per heavy atom. The number of ether oxygens (including phenoxy) is 1. The number of rotatable bonds is 24. The Hall–Kier alpha value is -2.02. The molecule has 2 rings (SSSR count). The van der Waals surface area contributed by atoms with Crippen LogP contribution in [0.15, 0.2) is 24.3 Å². The van der Waals surface area contributed by atoms with Crippen LogP contribution in [0.2, 0.25) is 0 Å². The molecule has 0 N–H and O–H groups in total. The first kappa shape index (κ1) is 34.2. The zero-order chi connectivity index (χ0) is 29.0. The standard InChI is InChI=1S/C31H50NO7P/c1-3-5-6-7-8-9-10-11-12-13-14-15-16-19-25-37-29(4-2)39-40(36)38-28(33)23-20-24-32-30(34)26-21-17-18-22-27(26)31(32)35/h17-18,21-22,29,40H,3-16,19-20,23-25H2,1-2H3. The minimum absolute atomic E-state index is 0.0795. The fourth-order valence-electron chi connectivity index (χ4n) is 4.85. The van der Waals surface area contributed by atoms with Gasteiger partial charge < -0.3 is 9.26 Å². The van der Waals surface area contributed by atoms with Crippen LogP contribution in [0.3, 0.4) is 0 Å². The molecule has 9 heteroatoms. The van der Waals surface area contributed by atoms with E-state index in [4.69, 9.17) is 13.8 Å². The molecule has 2 unspecified atom stereocenters. The second kappa shape index (κ2) is 20.8. The van der Waals surface area contributed by atoms with E-state index in [1.165, 1.54) is 77.0 Å². The van der Waals surface area contributed by atoms with Crippen molar-refractivity contribution in [1.82, 2.24) is 4.90 Å². The van der Waals surface area contributed by atoms with Crippen LogP contribution in [0.25, 0.3) is 0 Å². The third-order valence-electron chi connectivity index (χ3n) is 7.20. The van der Waals surface area contributed by atoms with Gasteiger partial charge in [0, 0.05) is 19.6 Å². The smallest absolute Gasteiger partial charge is 0.372 e. The van der Waals surface area contributed by atoms with Crippen molar-refractivity contribution in [3.8, 4) is 0 Å². The lowest BCUT2D eigenvalue weighted by Crippen LogP contribution is -2.31. The second-order valence-corrected chi connectivity index (χ2v) is 11.5. The van der Waals surface area contributed by atoms with E-state index < -0.39 is 20.5 Å². The third-order valence-corrected chi connectivity index (χ3v) is 8.05. The molecule has 1 aromatic carbocycles. The molecule has 8 nitrogen and oxygen atoms in total. The van der Waals surface area contributed by atoms with Crippen molar-refractivity contribution in [2.45, 2.75) is 129 Å². The predicted octanol–water partition coefficient (Wildman–Crippen LogP) is 8.25. The molecule has 0 radical (unpaired) electrons. The number of benzene rings is 1. The van der Waals surface area contributed by atoms with Crippen LogP contribution in [0.5, 0.6) is 0 Å². The van der Waals surface area contributed by atoms with Crippen molar-refractivity contribution in [3.05, 3.63) is 35.4 Å². The molecular weight excluding hydrogens is 529 g/mol. The number of hydrogen-bond donors (Lipinski definition) is 0. The first-order valence-corrected chi connectivity index (χ1v) is 16.7. The van der Waals surface area contributed by atoms with Gasteiger partial charge in [0.2, 0.25) is 0 Å². The van der Waals surface area contributed by atoms with Crippen LogP contribution in [0.1, 0.15) is 144 Å². The van der Waals surface area contributed by atoms with Crippen molar-refractivity contribution in [2.24, 2.45) is 0 Å². The van der Waals surface area contributed by atoms with E-state index in [0.717, 1.165) is 17.7 Å². The van der Waals surface area contributed by atoms with Gasteiger partial charge in [-0.3, -0.25) is 23.8 Å². The Morgan fingerprint density at radius 2 is 1.27 bits per heavy atom. The summed E-state index contributed by atoms with van der Waals surface area (Å²) in [6, 6.07) is 6.63. The van der Waals surface area contributed by atoms with Gasteiger partial charge in [-0.05, 0) is 31.4 Å². The van der Waals surface area contributed by atoms with Gasteiger partial charge in [-0.25, -0.2) is 4.57 Å². The predicted molar refractivity (Wildman–Crippen MR) is 158 cm³/mol. The maximum atomic E-state index is 12.4.